The number of anilines is 1. The molecule has 6 nitrogen and oxygen atoms in total. The van der Waals surface area contributed by atoms with Gasteiger partial charge in [-0.3, -0.25) is 4.79 Å². The Morgan fingerprint density at radius 2 is 2.04 bits per heavy atom. The van der Waals surface area contributed by atoms with Gasteiger partial charge in [-0.05, 0) is 31.4 Å². The van der Waals surface area contributed by atoms with Gasteiger partial charge in [-0.15, -0.1) is 0 Å². The van der Waals surface area contributed by atoms with Crippen LogP contribution in [0.15, 0.2) is 34.9 Å². The van der Waals surface area contributed by atoms with E-state index < -0.39 is 0 Å². The standard InChI is InChI=1S/C20H22N4O2/c1-11(2)15-10-17(26-23-15)14-9-18(25)21-20-19(14)13(4)22-24(20)16-8-6-5-7-12(16)3/h5-8,10-11,14H,9H2,1-4H3,(H,21,25). The van der Waals surface area contributed by atoms with E-state index in [1.165, 1.54) is 0 Å². The molecule has 0 radical (unpaired) electrons. The van der Waals surface area contributed by atoms with Gasteiger partial charge in [0.15, 0.2) is 0 Å². The second kappa shape index (κ2) is 6.12. The Labute approximate surface area is 152 Å². The second-order valence-corrected chi connectivity index (χ2v) is 7.16. The van der Waals surface area contributed by atoms with E-state index in [1.54, 1.807) is 0 Å². The fraction of sp³-hybridized carbons (Fsp3) is 0.350. The van der Waals surface area contributed by atoms with Gasteiger partial charge in [0.05, 0.1) is 23.0 Å². The maximum atomic E-state index is 12.4. The molecule has 6 heteroatoms. The van der Waals surface area contributed by atoms with Gasteiger partial charge in [0, 0.05) is 18.1 Å². The van der Waals surface area contributed by atoms with E-state index in [4.69, 9.17) is 9.62 Å². The van der Waals surface area contributed by atoms with Gasteiger partial charge < -0.3 is 9.84 Å². The molecule has 0 saturated heterocycles. The summed E-state index contributed by atoms with van der Waals surface area (Å²) in [5.74, 6) is 1.51. The fourth-order valence-electron chi connectivity index (χ4n) is 3.51. The van der Waals surface area contributed by atoms with Gasteiger partial charge in [0.1, 0.15) is 11.6 Å². The van der Waals surface area contributed by atoms with Crippen molar-refractivity contribution >= 4 is 11.7 Å². The van der Waals surface area contributed by atoms with E-state index in [1.807, 2.05) is 48.9 Å². The highest BCUT2D eigenvalue weighted by Gasteiger charge is 2.35. The molecule has 1 N–H and O–H groups in total. The van der Waals surface area contributed by atoms with E-state index in [9.17, 15) is 4.79 Å². The molecule has 26 heavy (non-hydrogen) atoms. The highest BCUT2D eigenvalue weighted by atomic mass is 16.5. The van der Waals surface area contributed by atoms with Crippen LogP contribution < -0.4 is 5.32 Å². The largest absolute Gasteiger partial charge is 0.360 e. The molecule has 2 aromatic heterocycles. The lowest BCUT2D eigenvalue weighted by atomic mass is 9.89. The van der Waals surface area contributed by atoms with Crippen molar-refractivity contribution in [3.63, 3.8) is 0 Å². The number of fused-ring (bicyclic) bond motifs is 1. The van der Waals surface area contributed by atoms with Crippen LogP contribution in [0.5, 0.6) is 0 Å². The lowest BCUT2D eigenvalue weighted by Gasteiger charge is -2.22. The Morgan fingerprint density at radius 3 is 2.73 bits per heavy atom. The molecule has 0 bridgehead atoms. The van der Waals surface area contributed by atoms with Gasteiger partial charge in [0.2, 0.25) is 5.91 Å². The summed E-state index contributed by atoms with van der Waals surface area (Å²) in [5, 5.41) is 11.9. The first-order valence-corrected chi connectivity index (χ1v) is 8.87. The lowest BCUT2D eigenvalue weighted by molar-refractivity contribution is -0.116. The number of rotatable bonds is 3. The van der Waals surface area contributed by atoms with Gasteiger partial charge in [0.25, 0.3) is 0 Å². The molecule has 4 rings (SSSR count). The number of aromatic nitrogens is 3. The molecule has 1 aromatic carbocycles. The molecular weight excluding hydrogens is 328 g/mol. The predicted octanol–water partition coefficient (Wildman–Crippen LogP) is 4.07. The maximum absolute atomic E-state index is 12.4. The van der Waals surface area contributed by atoms with E-state index in [2.05, 4.69) is 24.3 Å². The number of hydrogen-bond donors (Lipinski definition) is 1. The maximum Gasteiger partial charge on any atom is 0.226 e. The van der Waals surface area contributed by atoms with Gasteiger partial charge in [-0.2, -0.15) is 5.10 Å². The SMILES string of the molecule is Cc1ccccc1-n1nc(C)c2c1NC(=O)CC2c1cc(C(C)C)no1. The van der Waals surface area contributed by atoms with E-state index in [0.29, 0.717) is 6.42 Å². The van der Waals surface area contributed by atoms with Crippen molar-refractivity contribution in [2.45, 2.75) is 46.0 Å². The quantitative estimate of drug-likeness (QED) is 0.773. The number of nitrogens with zero attached hydrogens (tertiary/aromatic N) is 3. The smallest absolute Gasteiger partial charge is 0.226 e. The lowest BCUT2D eigenvalue weighted by Crippen LogP contribution is -2.24. The fourth-order valence-corrected chi connectivity index (χ4v) is 3.51. The van der Waals surface area contributed by atoms with Crippen molar-refractivity contribution in [3.05, 3.63) is 58.6 Å². The van der Waals surface area contributed by atoms with E-state index >= 15 is 0 Å². The summed E-state index contributed by atoms with van der Waals surface area (Å²) in [4.78, 5) is 12.4. The van der Waals surface area contributed by atoms with Crippen molar-refractivity contribution in [2.24, 2.45) is 0 Å². The van der Waals surface area contributed by atoms with Crippen LogP contribution >= 0.6 is 0 Å². The highest BCUT2D eigenvalue weighted by molar-refractivity contribution is 5.95. The van der Waals surface area contributed by atoms with Crippen LogP contribution in [0.1, 0.15) is 60.4 Å². The number of aryl methyl sites for hydroxylation is 2. The predicted molar refractivity (Wildman–Crippen MR) is 98.7 cm³/mol. The van der Waals surface area contributed by atoms with Crippen LogP contribution in [-0.2, 0) is 4.79 Å². The zero-order valence-corrected chi connectivity index (χ0v) is 15.4. The molecule has 0 spiro atoms. The summed E-state index contributed by atoms with van der Waals surface area (Å²) >= 11 is 0. The topological polar surface area (TPSA) is 73.0 Å². The van der Waals surface area contributed by atoms with Crippen molar-refractivity contribution < 1.29 is 9.32 Å². The Hall–Kier alpha value is -2.89. The Morgan fingerprint density at radius 1 is 1.27 bits per heavy atom. The zero-order chi connectivity index (χ0) is 18.4. The molecule has 134 valence electrons. The third-order valence-electron chi connectivity index (χ3n) is 4.93. The number of benzene rings is 1. The summed E-state index contributed by atoms with van der Waals surface area (Å²) in [6, 6.07) is 9.96. The Balaban J connectivity index is 1.86. The average molecular weight is 350 g/mol. The molecule has 1 atom stereocenters. The molecule has 1 aliphatic heterocycles. The first-order chi connectivity index (χ1) is 12.5. The molecule has 0 saturated carbocycles. The van der Waals surface area contributed by atoms with Crippen molar-refractivity contribution in [1.29, 1.82) is 0 Å². The summed E-state index contributed by atoms with van der Waals surface area (Å²) in [7, 11) is 0. The number of nitrogens with one attached hydrogen (secondary N) is 1. The molecule has 3 aromatic rings. The zero-order valence-electron chi connectivity index (χ0n) is 15.4. The van der Waals surface area contributed by atoms with E-state index in [-0.39, 0.29) is 17.7 Å². The summed E-state index contributed by atoms with van der Waals surface area (Å²) < 4.78 is 7.42. The third kappa shape index (κ3) is 2.62. The third-order valence-corrected chi connectivity index (χ3v) is 4.93. The summed E-state index contributed by atoms with van der Waals surface area (Å²) in [5.41, 5.74) is 4.83. The first kappa shape index (κ1) is 16.6. The van der Waals surface area contributed by atoms with Crippen molar-refractivity contribution in [3.8, 4) is 5.69 Å². The normalized spacial score (nSPS) is 16.7. The molecule has 0 fully saturated rings. The highest BCUT2D eigenvalue weighted by Crippen LogP contribution is 2.41. The second-order valence-electron chi connectivity index (χ2n) is 7.16. The van der Waals surface area contributed by atoms with Crippen molar-refractivity contribution in [1.82, 2.24) is 14.9 Å². The van der Waals surface area contributed by atoms with Gasteiger partial charge in [-0.25, -0.2) is 4.68 Å². The number of hydrogen-bond acceptors (Lipinski definition) is 4. The first-order valence-electron chi connectivity index (χ1n) is 8.87. The molecule has 1 unspecified atom stereocenters. The van der Waals surface area contributed by atoms with Crippen LogP contribution in [0.3, 0.4) is 0 Å². The number of carbonyl (C=O) groups is 1. The number of carbonyl (C=O) groups excluding carboxylic acids is 1. The van der Waals surface area contributed by atoms with Crippen molar-refractivity contribution in [2.75, 3.05) is 5.32 Å². The Kier molecular flexibility index (Phi) is 3.90. The summed E-state index contributed by atoms with van der Waals surface area (Å²) in [6.45, 7) is 8.15. The van der Waals surface area contributed by atoms with Crippen LogP contribution in [0.25, 0.3) is 5.69 Å². The molecular formula is C20H22N4O2. The Bertz CT molecular complexity index is 984. The van der Waals surface area contributed by atoms with Crippen LogP contribution in [0, 0.1) is 13.8 Å². The van der Waals surface area contributed by atoms with Gasteiger partial charge >= 0.3 is 0 Å². The monoisotopic (exact) mass is 350 g/mol. The minimum Gasteiger partial charge on any atom is -0.360 e. The number of amides is 1. The minimum atomic E-state index is -0.170. The summed E-state index contributed by atoms with van der Waals surface area (Å²) in [6.07, 6.45) is 0.333. The molecule has 3 heterocycles. The minimum absolute atomic E-state index is 0.0419. The van der Waals surface area contributed by atoms with Crippen LogP contribution in [0.4, 0.5) is 5.82 Å². The molecule has 1 amide bonds. The molecule has 1 aliphatic rings. The van der Waals surface area contributed by atoms with Crippen LogP contribution in [-0.4, -0.2) is 20.8 Å². The van der Waals surface area contributed by atoms with Crippen LogP contribution in [0.2, 0.25) is 0 Å². The number of para-hydroxylation sites is 1. The molecule has 0 aliphatic carbocycles. The average Bonchev–Trinajstić information content (AvgIpc) is 3.20. The van der Waals surface area contributed by atoms with Gasteiger partial charge in [-0.1, -0.05) is 37.2 Å². The van der Waals surface area contributed by atoms with E-state index in [0.717, 1.165) is 39.8 Å².